The van der Waals surface area contributed by atoms with Gasteiger partial charge in [-0.05, 0) is 31.5 Å². The van der Waals surface area contributed by atoms with Crippen LogP contribution < -0.4 is 9.47 Å². The topological polar surface area (TPSA) is 46.2 Å². The van der Waals surface area contributed by atoms with Crippen molar-refractivity contribution < 1.29 is 23.7 Å². The molecule has 0 bridgehead atoms. The van der Waals surface area contributed by atoms with E-state index in [1.54, 1.807) is 11.8 Å². The molecule has 5 rings (SSSR count). The number of rotatable bonds is 2. The van der Waals surface area contributed by atoms with Gasteiger partial charge in [0.1, 0.15) is 0 Å². The zero-order valence-electron chi connectivity index (χ0n) is 13.8. The summed E-state index contributed by atoms with van der Waals surface area (Å²) < 4.78 is 29.6. The zero-order chi connectivity index (χ0) is 16.9. The van der Waals surface area contributed by atoms with Crippen LogP contribution in [0.5, 0.6) is 11.5 Å². The van der Waals surface area contributed by atoms with E-state index >= 15 is 0 Å². The Bertz CT molecular complexity index is 815. The Morgan fingerprint density at radius 1 is 1.08 bits per heavy atom. The van der Waals surface area contributed by atoms with Crippen molar-refractivity contribution in [3.05, 3.63) is 47.5 Å². The minimum atomic E-state index is -0.877. The van der Waals surface area contributed by atoms with E-state index in [0.717, 1.165) is 27.3 Å². The van der Waals surface area contributed by atoms with Crippen LogP contribution in [0, 0.1) is 0 Å². The first-order chi connectivity index (χ1) is 12.3. The molecule has 1 fully saturated rings. The fraction of sp³-hybridized carbons (Fsp3) is 0.368. The SMILES string of the molecule is CCOC1Oc2ccc3c(c2O1)Sc1ccccc1C31OCCCO1. The van der Waals surface area contributed by atoms with E-state index in [0.29, 0.717) is 31.3 Å². The average molecular weight is 358 g/mol. The van der Waals surface area contributed by atoms with Crippen LogP contribution >= 0.6 is 11.8 Å². The first-order valence-corrected chi connectivity index (χ1v) is 9.31. The molecule has 0 N–H and O–H groups in total. The van der Waals surface area contributed by atoms with Gasteiger partial charge in [0.25, 0.3) is 0 Å². The van der Waals surface area contributed by atoms with Crippen LogP contribution in [0.1, 0.15) is 24.5 Å². The van der Waals surface area contributed by atoms with E-state index in [1.807, 2.05) is 31.2 Å². The standard InChI is InChI=1S/C19H18O5S/c1-2-20-18-23-14-9-8-13-17(16(14)24-18)25-15-7-4-3-6-12(15)19(13)21-10-5-11-22-19/h3-4,6-9,18H,2,5,10-11H2,1H3. The summed E-state index contributed by atoms with van der Waals surface area (Å²) in [6, 6.07) is 12.1. The van der Waals surface area contributed by atoms with Gasteiger partial charge in [-0.2, -0.15) is 0 Å². The summed E-state index contributed by atoms with van der Waals surface area (Å²) in [5.41, 5.74) is 2.02. The number of hydrogen-bond acceptors (Lipinski definition) is 6. The molecule has 6 heteroatoms. The molecule has 25 heavy (non-hydrogen) atoms. The normalized spacial score (nSPS) is 22.5. The predicted molar refractivity (Wildman–Crippen MR) is 91.0 cm³/mol. The largest absolute Gasteiger partial charge is 0.428 e. The van der Waals surface area contributed by atoms with E-state index in [1.165, 1.54) is 0 Å². The summed E-state index contributed by atoms with van der Waals surface area (Å²) in [4.78, 5) is 2.08. The molecule has 1 atom stereocenters. The van der Waals surface area contributed by atoms with E-state index < -0.39 is 12.3 Å². The molecule has 2 aromatic rings. The van der Waals surface area contributed by atoms with Crippen LogP contribution in [0.2, 0.25) is 0 Å². The molecule has 3 aliphatic rings. The average Bonchev–Trinajstić information content (AvgIpc) is 3.06. The maximum atomic E-state index is 6.23. The Kier molecular flexibility index (Phi) is 3.67. The number of benzene rings is 2. The second kappa shape index (κ2) is 5.92. The van der Waals surface area contributed by atoms with Gasteiger partial charge in [-0.1, -0.05) is 30.0 Å². The van der Waals surface area contributed by atoms with E-state index in [4.69, 9.17) is 23.7 Å². The second-order valence-electron chi connectivity index (χ2n) is 6.01. The highest BCUT2D eigenvalue weighted by molar-refractivity contribution is 7.99. The third-order valence-corrected chi connectivity index (χ3v) is 5.71. The lowest BCUT2D eigenvalue weighted by atomic mass is 9.95. The van der Waals surface area contributed by atoms with Crippen molar-refractivity contribution in [3.8, 4) is 11.5 Å². The smallest absolute Gasteiger partial charge is 0.361 e. The lowest BCUT2D eigenvalue weighted by Crippen LogP contribution is -2.41. The third-order valence-electron chi connectivity index (χ3n) is 4.52. The maximum absolute atomic E-state index is 6.23. The monoisotopic (exact) mass is 358 g/mol. The molecule has 0 aromatic heterocycles. The molecule has 3 heterocycles. The van der Waals surface area contributed by atoms with Gasteiger partial charge in [0.05, 0.1) is 24.7 Å². The molecule has 5 nitrogen and oxygen atoms in total. The van der Waals surface area contributed by atoms with Crippen LogP contribution in [-0.2, 0) is 20.0 Å². The van der Waals surface area contributed by atoms with Crippen molar-refractivity contribution >= 4 is 11.8 Å². The van der Waals surface area contributed by atoms with Crippen LogP contribution in [-0.4, -0.2) is 26.3 Å². The Labute approximate surface area is 150 Å². The summed E-state index contributed by atoms with van der Waals surface area (Å²) in [6.45, 7) is 3.05. The summed E-state index contributed by atoms with van der Waals surface area (Å²) in [6.07, 6.45) is 0.892. The Morgan fingerprint density at radius 2 is 1.92 bits per heavy atom. The quantitative estimate of drug-likeness (QED) is 0.812. The van der Waals surface area contributed by atoms with Crippen LogP contribution in [0.25, 0.3) is 0 Å². The molecule has 1 spiro atoms. The number of hydrogen-bond donors (Lipinski definition) is 0. The maximum Gasteiger partial charge on any atom is 0.361 e. The van der Waals surface area contributed by atoms with Gasteiger partial charge >= 0.3 is 6.48 Å². The third kappa shape index (κ3) is 2.29. The van der Waals surface area contributed by atoms with E-state index in [-0.39, 0.29) is 0 Å². The lowest BCUT2D eigenvalue weighted by molar-refractivity contribution is -0.252. The van der Waals surface area contributed by atoms with Crippen molar-refractivity contribution in [3.63, 3.8) is 0 Å². The first-order valence-electron chi connectivity index (χ1n) is 8.49. The van der Waals surface area contributed by atoms with Crippen molar-refractivity contribution in [1.29, 1.82) is 0 Å². The lowest BCUT2D eigenvalue weighted by Gasteiger charge is -2.42. The van der Waals surface area contributed by atoms with Crippen LogP contribution in [0.4, 0.5) is 0 Å². The van der Waals surface area contributed by atoms with Gasteiger partial charge in [-0.25, -0.2) is 0 Å². The summed E-state index contributed by atoms with van der Waals surface area (Å²) >= 11 is 1.66. The Morgan fingerprint density at radius 3 is 2.76 bits per heavy atom. The van der Waals surface area contributed by atoms with E-state index in [9.17, 15) is 0 Å². The van der Waals surface area contributed by atoms with Gasteiger partial charge in [-0.15, -0.1) is 0 Å². The van der Waals surface area contributed by atoms with Gasteiger partial charge in [0, 0.05) is 16.0 Å². The Hall–Kier alpha value is -1.73. The summed E-state index contributed by atoms with van der Waals surface area (Å²) in [7, 11) is 0. The van der Waals surface area contributed by atoms with Crippen LogP contribution in [0.15, 0.2) is 46.2 Å². The minimum Gasteiger partial charge on any atom is -0.428 e. The molecule has 1 unspecified atom stereocenters. The second-order valence-corrected chi connectivity index (χ2v) is 7.07. The molecule has 3 aliphatic heterocycles. The summed E-state index contributed by atoms with van der Waals surface area (Å²) in [5, 5.41) is 0. The van der Waals surface area contributed by atoms with Gasteiger partial charge in [0.15, 0.2) is 11.5 Å². The van der Waals surface area contributed by atoms with Gasteiger partial charge < -0.3 is 23.7 Å². The molecule has 130 valence electrons. The molecule has 2 aromatic carbocycles. The molecule has 0 saturated carbocycles. The zero-order valence-corrected chi connectivity index (χ0v) is 14.6. The fourth-order valence-corrected chi connectivity index (χ4v) is 4.70. The Balaban J connectivity index is 1.67. The van der Waals surface area contributed by atoms with Gasteiger partial charge in [0.2, 0.25) is 5.79 Å². The highest BCUT2D eigenvalue weighted by Crippen LogP contribution is 2.57. The molecule has 0 aliphatic carbocycles. The molecule has 1 saturated heterocycles. The first kappa shape index (κ1) is 15.5. The minimum absolute atomic E-state index is 0.521. The molecule has 0 radical (unpaired) electrons. The highest BCUT2D eigenvalue weighted by Gasteiger charge is 2.47. The van der Waals surface area contributed by atoms with Crippen molar-refractivity contribution in [2.24, 2.45) is 0 Å². The highest BCUT2D eigenvalue weighted by atomic mass is 32.2. The molecule has 0 amide bonds. The van der Waals surface area contributed by atoms with E-state index in [2.05, 4.69) is 12.1 Å². The van der Waals surface area contributed by atoms with Crippen molar-refractivity contribution in [2.45, 2.75) is 35.4 Å². The fourth-order valence-electron chi connectivity index (χ4n) is 3.46. The van der Waals surface area contributed by atoms with Crippen LogP contribution in [0.3, 0.4) is 0 Å². The van der Waals surface area contributed by atoms with Gasteiger partial charge in [-0.3, -0.25) is 0 Å². The van der Waals surface area contributed by atoms with Crippen molar-refractivity contribution in [2.75, 3.05) is 19.8 Å². The molecular weight excluding hydrogens is 340 g/mol. The summed E-state index contributed by atoms with van der Waals surface area (Å²) in [5.74, 6) is 0.514. The predicted octanol–water partition coefficient (Wildman–Crippen LogP) is 3.88. The van der Waals surface area contributed by atoms with Crippen molar-refractivity contribution in [1.82, 2.24) is 0 Å². The number of ether oxygens (including phenoxy) is 5. The number of fused-ring (bicyclic) bond motifs is 6. The molecular formula is C19H18O5S.